The maximum Gasteiger partial charge on any atom is 0.226 e. The lowest BCUT2D eigenvalue weighted by atomic mass is 10.1. The predicted octanol–water partition coefficient (Wildman–Crippen LogP) is 3.55. The number of hydrogen-bond donors (Lipinski definition) is 2. The summed E-state index contributed by atoms with van der Waals surface area (Å²) in [5, 5.41) is 7.12. The number of aromatic nitrogens is 1. The number of pyridine rings is 1. The minimum Gasteiger partial charge on any atom is -0.357 e. The van der Waals surface area contributed by atoms with Crippen LogP contribution in [0.25, 0.3) is 0 Å². The topological polar surface area (TPSA) is 69.6 Å². The van der Waals surface area contributed by atoms with Crippen molar-refractivity contribution in [3.05, 3.63) is 58.9 Å². The molecule has 0 spiro atoms. The highest BCUT2D eigenvalue weighted by molar-refractivity contribution is 6.29. The summed E-state index contributed by atoms with van der Waals surface area (Å²) < 4.78 is 0. The van der Waals surface area contributed by atoms with Crippen molar-refractivity contribution in [2.75, 3.05) is 24.5 Å². The number of carbonyl (C=O) groups excluding carboxylic acids is 1. The molecule has 0 aliphatic carbocycles. The van der Waals surface area contributed by atoms with Crippen molar-refractivity contribution >= 4 is 29.2 Å². The van der Waals surface area contributed by atoms with Gasteiger partial charge in [0.1, 0.15) is 5.15 Å². The summed E-state index contributed by atoms with van der Waals surface area (Å²) in [6.45, 7) is 4.99. The number of carbonyl (C=O) groups is 1. The Morgan fingerprint density at radius 2 is 1.93 bits per heavy atom. The van der Waals surface area contributed by atoms with E-state index >= 15 is 0 Å². The highest BCUT2D eigenvalue weighted by Gasteiger charge is 2.19. The Hall–Kier alpha value is -2.60. The van der Waals surface area contributed by atoms with Crippen molar-refractivity contribution in [2.45, 2.75) is 39.2 Å². The Labute approximate surface area is 177 Å². The van der Waals surface area contributed by atoms with E-state index in [0.29, 0.717) is 18.1 Å². The van der Waals surface area contributed by atoms with Gasteiger partial charge in [-0.05, 0) is 55.5 Å². The third-order valence-corrected chi connectivity index (χ3v) is 5.05. The van der Waals surface area contributed by atoms with Crippen LogP contribution in [-0.2, 0) is 17.8 Å². The summed E-state index contributed by atoms with van der Waals surface area (Å²) in [7, 11) is 0. The molecule has 0 bridgehead atoms. The number of guanidine groups is 1. The van der Waals surface area contributed by atoms with Crippen molar-refractivity contribution < 1.29 is 4.79 Å². The molecule has 1 fully saturated rings. The Bertz CT molecular complexity index is 820. The van der Waals surface area contributed by atoms with E-state index in [9.17, 15) is 4.79 Å². The zero-order valence-electron chi connectivity index (χ0n) is 16.8. The van der Waals surface area contributed by atoms with E-state index in [-0.39, 0.29) is 5.91 Å². The number of anilines is 1. The third kappa shape index (κ3) is 6.46. The molecule has 3 rings (SSSR count). The Kier molecular flexibility index (Phi) is 7.87. The number of nitrogens with zero attached hydrogens (tertiary/aromatic N) is 3. The fourth-order valence-electron chi connectivity index (χ4n) is 3.25. The summed E-state index contributed by atoms with van der Waals surface area (Å²) in [6.07, 6.45) is 5.35. The van der Waals surface area contributed by atoms with Crippen LogP contribution in [0.15, 0.2) is 47.6 Å². The highest BCUT2D eigenvalue weighted by atomic mass is 35.5. The summed E-state index contributed by atoms with van der Waals surface area (Å²) in [4.78, 5) is 22.7. The van der Waals surface area contributed by atoms with Gasteiger partial charge in [0.05, 0.1) is 6.54 Å². The van der Waals surface area contributed by atoms with Gasteiger partial charge in [0, 0.05) is 37.9 Å². The molecule has 0 atom stereocenters. The zero-order valence-corrected chi connectivity index (χ0v) is 17.6. The van der Waals surface area contributed by atoms with Crippen LogP contribution in [-0.4, -0.2) is 36.5 Å². The molecule has 1 aliphatic heterocycles. The number of benzene rings is 1. The molecular formula is C22H28ClN5O. The first kappa shape index (κ1) is 21.1. The van der Waals surface area contributed by atoms with Gasteiger partial charge in [-0.3, -0.25) is 4.79 Å². The summed E-state index contributed by atoms with van der Waals surface area (Å²) in [5.41, 5.74) is 3.21. The lowest BCUT2D eigenvalue weighted by Crippen LogP contribution is -2.38. The van der Waals surface area contributed by atoms with Gasteiger partial charge in [-0.2, -0.15) is 0 Å². The molecule has 0 saturated carbocycles. The Morgan fingerprint density at radius 1 is 1.14 bits per heavy atom. The van der Waals surface area contributed by atoms with Crippen LogP contribution in [0, 0.1) is 0 Å². The molecular weight excluding hydrogens is 386 g/mol. The maximum atomic E-state index is 12.1. The quantitative estimate of drug-likeness (QED) is 0.413. The molecule has 2 heterocycles. The molecule has 1 saturated heterocycles. The fourth-order valence-corrected chi connectivity index (χ4v) is 3.36. The van der Waals surface area contributed by atoms with Crippen LogP contribution in [0.2, 0.25) is 5.15 Å². The number of amides is 1. The van der Waals surface area contributed by atoms with E-state index in [1.807, 2.05) is 42.2 Å². The second kappa shape index (κ2) is 10.8. The molecule has 29 heavy (non-hydrogen) atoms. The van der Waals surface area contributed by atoms with Gasteiger partial charge in [0.15, 0.2) is 5.96 Å². The van der Waals surface area contributed by atoms with E-state index in [4.69, 9.17) is 11.6 Å². The van der Waals surface area contributed by atoms with Crippen LogP contribution in [0.1, 0.15) is 37.3 Å². The first-order chi connectivity index (χ1) is 14.2. The first-order valence-corrected chi connectivity index (χ1v) is 10.6. The van der Waals surface area contributed by atoms with E-state index in [1.165, 1.54) is 0 Å². The second-order valence-corrected chi connectivity index (χ2v) is 7.42. The van der Waals surface area contributed by atoms with Crippen LogP contribution in [0.4, 0.5) is 5.69 Å². The van der Waals surface area contributed by atoms with Gasteiger partial charge in [-0.1, -0.05) is 29.8 Å². The zero-order chi connectivity index (χ0) is 20.5. The lowest BCUT2D eigenvalue weighted by Gasteiger charge is -2.26. The van der Waals surface area contributed by atoms with Gasteiger partial charge in [-0.25, -0.2) is 9.98 Å². The molecule has 1 amide bonds. The van der Waals surface area contributed by atoms with Crippen LogP contribution < -0.4 is 15.5 Å². The van der Waals surface area contributed by atoms with Crippen molar-refractivity contribution in [3.63, 3.8) is 0 Å². The molecule has 6 nitrogen and oxygen atoms in total. The normalized spacial score (nSPS) is 14.8. The number of hydrogen-bond acceptors (Lipinski definition) is 3. The SMILES string of the molecule is CCNC(=NCc1ccc(N2CCCCC2=O)cc1)NCCc1ccc(Cl)nc1. The standard InChI is InChI=1S/C22H28ClN5O/c1-2-24-22(25-13-12-18-8-11-20(23)26-15-18)27-16-17-6-9-19(10-7-17)28-14-4-3-5-21(28)29/h6-11,15H,2-5,12-14,16H2,1H3,(H2,24,25,27). The van der Waals surface area contributed by atoms with Crippen LogP contribution in [0.5, 0.6) is 0 Å². The number of rotatable bonds is 7. The van der Waals surface area contributed by atoms with Gasteiger partial charge < -0.3 is 15.5 Å². The Balaban J connectivity index is 1.53. The molecule has 2 N–H and O–H groups in total. The molecule has 2 aromatic rings. The monoisotopic (exact) mass is 413 g/mol. The highest BCUT2D eigenvalue weighted by Crippen LogP contribution is 2.21. The average molecular weight is 414 g/mol. The number of nitrogens with one attached hydrogen (secondary N) is 2. The van der Waals surface area contributed by atoms with Crippen LogP contribution >= 0.6 is 11.6 Å². The van der Waals surface area contributed by atoms with Crippen LogP contribution in [0.3, 0.4) is 0 Å². The molecule has 154 valence electrons. The summed E-state index contributed by atoms with van der Waals surface area (Å²) in [6, 6.07) is 11.9. The van der Waals surface area contributed by atoms with E-state index in [0.717, 1.165) is 61.7 Å². The minimum atomic E-state index is 0.219. The van der Waals surface area contributed by atoms with Crippen molar-refractivity contribution in [3.8, 4) is 0 Å². The van der Waals surface area contributed by atoms with E-state index in [1.54, 1.807) is 12.3 Å². The fraction of sp³-hybridized carbons (Fsp3) is 0.409. The van der Waals surface area contributed by atoms with E-state index < -0.39 is 0 Å². The molecule has 7 heteroatoms. The van der Waals surface area contributed by atoms with Gasteiger partial charge >= 0.3 is 0 Å². The first-order valence-electron chi connectivity index (χ1n) is 10.2. The number of aliphatic imine (C=N–C) groups is 1. The largest absolute Gasteiger partial charge is 0.357 e. The van der Waals surface area contributed by atoms with Gasteiger partial charge in [0.2, 0.25) is 5.91 Å². The molecule has 1 aliphatic rings. The number of piperidine rings is 1. The Morgan fingerprint density at radius 3 is 2.62 bits per heavy atom. The molecule has 0 radical (unpaired) electrons. The minimum absolute atomic E-state index is 0.219. The predicted molar refractivity (Wildman–Crippen MR) is 118 cm³/mol. The molecule has 1 aromatic heterocycles. The van der Waals surface area contributed by atoms with Gasteiger partial charge in [0.25, 0.3) is 0 Å². The molecule has 0 unspecified atom stereocenters. The smallest absolute Gasteiger partial charge is 0.226 e. The van der Waals surface area contributed by atoms with Crippen molar-refractivity contribution in [1.82, 2.24) is 15.6 Å². The average Bonchev–Trinajstić information content (AvgIpc) is 2.74. The van der Waals surface area contributed by atoms with Gasteiger partial charge in [-0.15, -0.1) is 0 Å². The van der Waals surface area contributed by atoms with E-state index in [2.05, 4.69) is 20.6 Å². The third-order valence-electron chi connectivity index (χ3n) is 4.83. The molecule has 1 aromatic carbocycles. The van der Waals surface area contributed by atoms with Crippen molar-refractivity contribution in [2.24, 2.45) is 4.99 Å². The lowest BCUT2D eigenvalue weighted by molar-refractivity contribution is -0.119. The summed E-state index contributed by atoms with van der Waals surface area (Å²) in [5.74, 6) is 1.00. The second-order valence-electron chi connectivity index (χ2n) is 7.03. The van der Waals surface area contributed by atoms with Crippen molar-refractivity contribution in [1.29, 1.82) is 0 Å². The number of halogens is 1. The summed E-state index contributed by atoms with van der Waals surface area (Å²) >= 11 is 5.82. The maximum absolute atomic E-state index is 12.1.